The second kappa shape index (κ2) is 6.98. The van der Waals surface area contributed by atoms with Gasteiger partial charge in [0, 0.05) is 23.5 Å². The average Bonchev–Trinajstić information content (AvgIpc) is 2.34. The molecule has 0 aliphatic heterocycles. The molecule has 1 aromatic rings. The minimum Gasteiger partial charge on any atom is -0.339 e. The van der Waals surface area contributed by atoms with E-state index in [1.54, 1.807) is 24.1 Å². The standard InChI is InChI=1S/C13H18Cl2N2O/c1-9(17(2)13(18)4-3-7-16)11-6-5-10(14)8-12(11)15/h5-6,8-9H,3-4,7,16H2,1-2H3. The third-order valence-corrected chi connectivity index (χ3v) is 3.54. The summed E-state index contributed by atoms with van der Waals surface area (Å²) in [5.74, 6) is 0.0685. The van der Waals surface area contributed by atoms with Gasteiger partial charge in [-0.2, -0.15) is 0 Å². The molecule has 1 rings (SSSR count). The van der Waals surface area contributed by atoms with E-state index < -0.39 is 0 Å². The second-order valence-corrected chi connectivity index (χ2v) is 5.08. The van der Waals surface area contributed by atoms with Crippen LogP contribution in [0.5, 0.6) is 0 Å². The minimum atomic E-state index is -0.0833. The van der Waals surface area contributed by atoms with Gasteiger partial charge in [0.2, 0.25) is 5.91 Å². The number of nitrogens with two attached hydrogens (primary N) is 1. The summed E-state index contributed by atoms with van der Waals surface area (Å²) in [6.07, 6.45) is 1.16. The van der Waals surface area contributed by atoms with Gasteiger partial charge < -0.3 is 10.6 Å². The highest BCUT2D eigenvalue weighted by Crippen LogP contribution is 2.29. The normalized spacial score (nSPS) is 12.3. The van der Waals surface area contributed by atoms with Gasteiger partial charge in [0.15, 0.2) is 0 Å². The Labute approximate surface area is 118 Å². The van der Waals surface area contributed by atoms with E-state index in [-0.39, 0.29) is 11.9 Å². The van der Waals surface area contributed by atoms with Crippen LogP contribution >= 0.6 is 23.2 Å². The third-order valence-electron chi connectivity index (χ3n) is 2.98. The zero-order valence-electron chi connectivity index (χ0n) is 10.6. The van der Waals surface area contributed by atoms with Gasteiger partial charge in [-0.15, -0.1) is 0 Å². The predicted molar refractivity (Wildman–Crippen MR) is 75.9 cm³/mol. The van der Waals surface area contributed by atoms with Crippen LogP contribution < -0.4 is 5.73 Å². The Bertz CT molecular complexity index is 423. The van der Waals surface area contributed by atoms with Crippen molar-refractivity contribution in [3.63, 3.8) is 0 Å². The van der Waals surface area contributed by atoms with Crippen molar-refractivity contribution in [3.05, 3.63) is 33.8 Å². The number of hydrogen-bond donors (Lipinski definition) is 1. The maximum Gasteiger partial charge on any atom is 0.222 e. The van der Waals surface area contributed by atoms with Crippen LogP contribution in [0.1, 0.15) is 31.4 Å². The molecule has 0 aliphatic carbocycles. The number of carbonyl (C=O) groups excluding carboxylic acids is 1. The van der Waals surface area contributed by atoms with E-state index in [1.165, 1.54) is 0 Å². The van der Waals surface area contributed by atoms with E-state index in [0.717, 1.165) is 5.56 Å². The van der Waals surface area contributed by atoms with E-state index in [2.05, 4.69) is 0 Å². The molecule has 5 heteroatoms. The molecule has 3 nitrogen and oxygen atoms in total. The monoisotopic (exact) mass is 288 g/mol. The van der Waals surface area contributed by atoms with Crippen molar-refractivity contribution in [2.75, 3.05) is 13.6 Å². The number of benzene rings is 1. The van der Waals surface area contributed by atoms with Gasteiger partial charge in [-0.1, -0.05) is 29.3 Å². The molecule has 1 unspecified atom stereocenters. The fourth-order valence-electron chi connectivity index (χ4n) is 1.69. The topological polar surface area (TPSA) is 46.3 Å². The first-order valence-corrected chi connectivity index (χ1v) is 6.63. The number of halogens is 2. The summed E-state index contributed by atoms with van der Waals surface area (Å²) >= 11 is 12.0. The van der Waals surface area contributed by atoms with Gasteiger partial charge in [-0.25, -0.2) is 0 Å². The van der Waals surface area contributed by atoms with Crippen molar-refractivity contribution in [2.45, 2.75) is 25.8 Å². The molecular weight excluding hydrogens is 271 g/mol. The van der Waals surface area contributed by atoms with E-state index in [9.17, 15) is 4.79 Å². The number of carbonyl (C=O) groups is 1. The quantitative estimate of drug-likeness (QED) is 0.904. The molecule has 0 radical (unpaired) electrons. The van der Waals surface area contributed by atoms with Gasteiger partial charge in [-0.05, 0) is 37.6 Å². The van der Waals surface area contributed by atoms with Gasteiger partial charge in [-0.3, -0.25) is 4.79 Å². The molecule has 0 saturated carbocycles. The number of amides is 1. The highest BCUT2D eigenvalue weighted by Gasteiger charge is 2.19. The molecule has 0 spiro atoms. The fourth-order valence-corrected chi connectivity index (χ4v) is 2.26. The van der Waals surface area contributed by atoms with Crippen LogP contribution in [-0.2, 0) is 4.79 Å². The largest absolute Gasteiger partial charge is 0.339 e. The van der Waals surface area contributed by atoms with Crippen LogP contribution in [-0.4, -0.2) is 24.4 Å². The van der Waals surface area contributed by atoms with Crippen molar-refractivity contribution in [1.29, 1.82) is 0 Å². The van der Waals surface area contributed by atoms with Crippen LogP contribution in [0.2, 0.25) is 10.0 Å². The number of nitrogens with zero attached hydrogens (tertiary/aromatic N) is 1. The van der Waals surface area contributed by atoms with Crippen molar-refractivity contribution in [1.82, 2.24) is 4.90 Å². The smallest absolute Gasteiger partial charge is 0.222 e. The van der Waals surface area contributed by atoms with Gasteiger partial charge in [0.05, 0.1) is 6.04 Å². The Morgan fingerprint density at radius 3 is 2.67 bits per heavy atom. The molecule has 0 fully saturated rings. The second-order valence-electron chi connectivity index (χ2n) is 4.24. The van der Waals surface area contributed by atoms with Crippen molar-refractivity contribution >= 4 is 29.1 Å². The molecule has 2 N–H and O–H groups in total. The van der Waals surface area contributed by atoms with Crippen molar-refractivity contribution in [2.24, 2.45) is 5.73 Å². The first-order chi connectivity index (χ1) is 8.47. The molecule has 0 aromatic heterocycles. The summed E-state index contributed by atoms with van der Waals surface area (Å²) in [5, 5.41) is 1.17. The molecule has 100 valence electrons. The Morgan fingerprint density at radius 2 is 2.11 bits per heavy atom. The van der Waals surface area contributed by atoms with Crippen LogP contribution in [0.25, 0.3) is 0 Å². The first kappa shape index (κ1) is 15.3. The Balaban J connectivity index is 2.79. The zero-order valence-corrected chi connectivity index (χ0v) is 12.1. The Morgan fingerprint density at radius 1 is 1.44 bits per heavy atom. The summed E-state index contributed by atoms with van der Waals surface area (Å²) in [7, 11) is 1.77. The predicted octanol–water partition coefficient (Wildman–Crippen LogP) is 3.25. The lowest BCUT2D eigenvalue weighted by Gasteiger charge is -2.26. The number of hydrogen-bond acceptors (Lipinski definition) is 2. The van der Waals surface area contributed by atoms with E-state index >= 15 is 0 Å². The zero-order chi connectivity index (χ0) is 13.7. The highest BCUT2D eigenvalue weighted by molar-refractivity contribution is 6.35. The summed E-state index contributed by atoms with van der Waals surface area (Å²) < 4.78 is 0. The lowest BCUT2D eigenvalue weighted by Crippen LogP contribution is -2.30. The molecule has 1 aromatic carbocycles. The molecule has 0 heterocycles. The average molecular weight is 289 g/mol. The molecule has 1 amide bonds. The van der Waals surface area contributed by atoms with Crippen LogP contribution in [0.3, 0.4) is 0 Å². The van der Waals surface area contributed by atoms with Gasteiger partial charge >= 0.3 is 0 Å². The van der Waals surface area contributed by atoms with Gasteiger partial charge in [0.25, 0.3) is 0 Å². The third kappa shape index (κ3) is 3.87. The van der Waals surface area contributed by atoms with E-state index in [4.69, 9.17) is 28.9 Å². The minimum absolute atomic E-state index is 0.0685. The molecular formula is C13H18Cl2N2O. The maximum absolute atomic E-state index is 11.9. The molecule has 1 atom stereocenters. The lowest BCUT2D eigenvalue weighted by molar-refractivity contribution is -0.131. The first-order valence-electron chi connectivity index (χ1n) is 5.88. The summed E-state index contributed by atoms with van der Waals surface area (Å²) in [6, 6.07) is 5.23. The molecule has 0 aliphatic rings. The summed E-state index contributed by atoms with van der Waals surface area (Å²) in [6.45, 7) is 2.46. The van der Waals surface area contributed by atoms with Crippen molar-refractivity contribution < 1.29 is 4.79 Å². The molecule has 0 bridgehead atoms. The lowest BCUT2D eigenvalue weighted by atomic mass is 10.1. The molecule has 18 heavy (non-hydrogen) atoms. The van der Waals surface area contributed by atoms with Crippen LogP contribution in [0.15, 0.2) is 18.2 Å². The number of rotatable bonds is 5. The van der Waals surface area contributed by atoms with Gasteiger partial charge in [0.1, 0.15) is 0 Å². The highest BCUT2D eigenvalue weighted by atomic mass is 35.5. The van der Waals surface area contributed by atoms with E-state index in [1.807, 2.05) is 13.0 Å². The van der Waals surface area contributed by atoms with Crippen molar-refractivity contribution in [3.8, 4) is 0 Å². The van der Waals surface area contributed by atoms with Crippen LogP contribution in [0.4, 0.5) is 0 Å². The Hall–Kier alpha value is -0.770. The SMILES string of the molecule is CC(c1ccc(Cl)cc1Cl)N(C)C(=O)CCCN. The fraction of sp³-hybridized carbons (Fsp3) is 0.462. The maximum atomic E-state index is 11.9. The summed E-state index contributed by atoms with van der Waals surface area (Å²) in [4.78, 5) is 13.6. The van der Waals surface area contributed by atoms with E-state index in [0.29, 0.717) is 29.4 Å². The Kier molecular flexibility index (Phi) is 5.93. The molecule has 0 saturated heterocycles. The van der Waals surface area contributed by atoms with Crippen LogP contribution in [0, 0.1) is 0 Å². The summed E-state index contributed by atoms with van der Waals surface area (Å²) in [5.41, 5.74) is 6.29.